The third-order valence-corrected chi connectivity index (χ3v) is 7.22. The number of aromatic nitrogens is 3. The first-order valence-corrected chi connectivity index (χ1v) is 12.4. The van der Waals surface area contributed by atoms with Gasteiger partial charge in [0.05, 0.1) is 39.0 Å². The van der Waals surface area contributed by atoms with Gasteiger partial charge in [-0.05, 0) is 30.6 Å². The topological polar surface area (TPSA) is 52.1 Å². The summed E-state index contributed by atoms with van der Waals surface area (Å²) in [5.74, 6) is 0.982. The van der Waals surface area contributed by atoms with E-state index in [9.17, 15) is 0 Å². The maximum absolute atomic E-state index is 5.92. The van der Waals surface area contributed by atoms with Crippen molar-refractivity contribution in [2.24, 2.45) is 0 Å². The van der Waals surface area contributed by atoms with Gasteiger partial charge in [0, 0.05) is 39.3 Å². The normalized spacial score (nSPS) is 23.1. The Kier molecular flexibility index (Phi) is 7.19. The molecule has 0 saturated carbocycles. The maximum atomic E-state index is 5.92. The Morgan fingerprint density at radius 3 is 2.53 bits per heavy atom. The van der Waals surface area contributed by atoms with E-state index in [2.05, 4.69) is 49.4 Å². The maximum Gasteiger partial charge on any atom is 0.226 e. The van der Waals surface area contributed by atoms with Gasteiger partial charge in [-0.3, -0.25) is 9.47 Å². The number of benzene rings is 1. The lowest BCUT2D eigenvalue weighted by Gasteiger charge is -2.32. The lowest BCUT2D eigenvalue weighted by atomic mass is 10.2. The van der Waals surface area contributed by atoms with Crippen LogP contribution in [0.5, 0.6) is 0 Å². The van der Waals surface area contributed by atoms with Gasteiger partial charge in [0.2, 0.25) is 10.7 Å². The standard InChI is InChI=1S/C23H34N6O2S/c32-23-28(18-21-7-4-14-31-21)22(27-12-15-30-16-13-27)24-29(23)19-26-10-8-25(9-11-26)17-20-5-2-1-3-6-20/h1-3,5-6,21H,4,7-19H2/p+1. The van der Waals surface area contributed by atoms with Crippen molar-refractivity contribution in [3.05, 3.63) is 40.7 Å². The fourth-order valence-corrected chi connectivity index (χ4v) is 5.18. The molecule has 1 atom stereocenters. The highest BCUT2D eigenvalue weighted by Crippen LogP contribution is 2.20. The highest BCUT2D eigenvalue weighted by molar-refractivity contribution is 7.71. The molecule has 1 N–H and O–H groups in total. The summed E-state index contributed by atoms with van der Waals surface area (Å²) in [6.45, 7) is 11.2. The summed E-state index contributed by atoms with van der Waals surface area (Å²) in [4.78, 5) is 6.41. The van der Waals surface area contributed by atoms with Crippen LogP contribution in [-0.4, -0.2) is 84.4 Å². The average molecular weight is 460 g/mol. The van der Waals surface area contributed by atoms with Crippen LogP contribution < -0.4 is 9.80 Å². The summed E-state index contributed by atoms with van der Waals surface area (Å²) in [6.07, 6.45) is 2.48. The van der Waals surface area contributed by atoms with Crippen LogP contribution in [0.4, 0.5) is 5.95 Å². The number of hydrogen-bond acceptors (Lipinski definition) is 6. The quantitative estimate of drug-likeness (QED) is 0.618. The van der Waals surface area contributed by atoms with Crippen LogP contribution in [0.15, 0.2) is 30.3 Å². The van der Waals surface area contributed by atoms with Crippen molar-refractivity contribution in [2.45, 2.75) is 38.7 Å². The molecule has 8 nitrogen and oxygen atoms in total. The number of morpholine rings is 1. The molecular formula is C23H35N6O2S+. The van der Waals surface area contributed by atoms with Crippen molar-refractivity contribution in [3.8, 4) is 0 Å². The van der Waals surface area contributed by atoms with E-state index in [1.54, 1.807) is 4.90 Å². The Bertz CT molecular complexity index is 912. The molecule has 32 heavy (non-hydrogen) atoms. The Hall–Kier alpha value is -1.78. The largest absolute Gasteiger partial charge is 0.378 e. The molecule has 0 amide bonds. The van der Waals surface area contributed by atoms with Gasteiger partial charge in [0.25, 0.3) is 0 Å². The molecule has 3 aliphatic heterocycles. The number of hydrogen-bond donors (Lipinski definition) is 1. The van der Waals surface area contributed by atoms with Gasteiger partial charge < -0.3 is 19.3 Å². The molecule has 3 saturated heterocycles. The van der Waals surface area contributed by atoms with E-state index in [1.807, 2.05) is 0 Å². The van der Waals surface area contributed by atoms with Crippen molar-refractivity contribution in [1.82, 2.24) is 19.2 Å². The first-order chi connectivity index (χ1) is 15.8. The summed E-state index contributed by atoms with van der Waals surface area (Å²) in [6, 6.07) is 10.8. The Morgan fingerprint density at radius 2 is 1.81 bits per heavy atom. The summed E-state index contributed by atoms with van der Waals surface area (Å²) in [5, 5.41) is 5.01. The number of nitrogens with zero attached hydrogens (tertiary/aromatic N) is 5. The molecule has 0 aliphatic carbocycles. The van der Waals surface area contributed by atoms with Crippen molar-refractivity contribution < 1.29 is 14.4 Å². The number of rotatable bonds is 7. The van der Waals surface area contributed by atoms with Gasteiger partial charge in [-0.15, -0.1) is 5.10 Å². The molecule has 0 bridgehead atoms. The van der Waals surface area contributed by atoms with E-state index < -0.39 is 0 Å². The lowest BCUT2D eigenvalue weighted by Crippen LogP contribution is -3.14. The highest BCUT2D eigenvalue weighted by atomic mass is 32.1. The Balaban J connectivity index is 1.25. The third kappa shape index (κ3) is 5.23. The highest BCUT2D eigenvalue weighted by Gasteiger charge is 2.26. The van der Waals surface area contributed by atoms with E-state index in [-0.39, 0.29) is 6.10 Å². The first kappa shape index (κ1) is 22.0. The Labute approximate surface area is 195 Å². The molecule has 3 fully saturated rings. The van der Waals surface area contributed by atoms with Crippen LogP contribution in [0.2, 0.25) is 0 Å². The van der Waals surface area contributed by atoms with Crippen molar-refractivity contribution in [1.29, 1.82) is 0 Å². The second-order valence-corrected chi connectivity index (χ2v) is 9.46. The fourth-order valence-electron chi connectivity index (χ4n) is 4.92. The van der Waals surface area contributed by atoms with Gasteiger partial charge in [-0.2, -0.15) is 4.68 Å². The molecule has 0 radical (unpaired) electrons. The van der Waals surface area contributed by atoms with Crippen LogP contribution in [0.1, 0.15) is 18.4 Å². The fraction of sp³-hybridized carbons (Fsp3) is 0.652. The van der Waals surface area contributed by atoms with E-state index in [0.29, 0.717) is 0 Å². The molecule has 3 aliphatic rings. The van der Waals surface area contributed by atoms with Gasteiger partial charge in [0.15, 0.2) is 6.67 Å². The van der Waals surface area contributed by atoms with Gasteiger partial charge >= 0.3 is 0 Å². The third-order valence-electron chi connectivity index (χ3n) is 6.79. The van der Waals surface area contributed by atoms with Crippen molar-refractivity contribution in [3.63, 3.8) is 0 Å². The zero-order valence-electron chi connectivity index (χ0n) is 18.8. The van der Waals surface area contributed by atoms with E-state index in [0.717, 1.165) is 102 Å². The van der Waals surface area contributed by atoms with Crippen LogP contribution >= 0.6 is 12.2 Å². The van der Waals surface area contributed by atoms with Crippen molar-refractivity contribution >= 4 is 18.2 Å². The van der Waals surface area contributed by atoms with E-state index in [4.69, 9.17) is 26.8 Å². The van der Waals surface area contributed by atoms with E-state index >= 15 is 0 Å². The van der Waals surface area contributed by atoms with Crippen LogP contribution in [0.3, 0.4) is 0 Å². The lowest BCUT2D eigenvalue weighted by molar-refractivity contribution is -0.927. The number of piperazine rings is 1. The predicted octanol–water partition coefficient (Wildman–Crippen LogP) is 0.788. The second kappa shape index (κ2) is 10.4. The van der Waals surface area contributed by atoms with Gasteiger partial charge in [-0.25, -0.2) is 0 Å². The second-order valence-electron chi connectivity index (χ2n) is 9.10. The summed E-state index contributed by atoms with van der Waals surface area (Å²) < 4.78 is 16.6. The average Bonchev–Trinajstić information content (AvgIpc) is 3.46. The number of ether oxygens (including phenoxy) is 2. The summed E-state index contributed by atoms with van der Waals surface area (Å²) in [7, 11) is 0. The first-order valence-electron chi connectivity index (χ1n) is 12.0. The predicted molar refractivity (Wildman–Crippen MR) is 125 cm³/mol. The zero-order chi connectivity index (χ0) is 21.8. The van der Waals surface area contributed by atoms with Gasteiger partial charge in [0.1, 0.15) is 0 Å². The molecular weight excluding hydrogens is 424 g/mol. The van der Waals surface area contributed by atoms with Crippen LogP contribution in [0.25, 0.3) is 0 Å². The molecule has 1 aromatic heterocycles. The van der Waals surface area contributed by atoms with Crippen LogP contribution in [-0.2, 0) is 29.2 Å². The van der Waals surface area contributed by atoms with Crippen LogP contribution in [0, 0.1) is 4.77 Å². The minimum Gasteiger partial charge on any atom is -0.378 e. The molecule has 174 valence electrons. The minimum absolute atomic E-state index is 0.244. The van der Waals surface area contributed by atoms with Gasteiger partial charge in [-0.1, -0.05) is 30.3 Å². The number of anilines is 1. The van der Waals surface area contributed by atoms with E-state index in [1.165, 1.54) is 5.56 Å². The summed E-state index contributed by atoms with van der Waals surface area (Å²) in [5.41, 5.74) is 1.39. The summed E-state index contributed by atoms with van der Waals surface area (Å²) >= 11 is 5.92. The molecule has 9 heteroatoms. The smallest absolute Gasteiger partial charge is 0.226 e. The Morgan fingerprint density at radius 1 is 1.03 bits per heavy atom. The molecule has 4 heterocycles. The SMILES string of the molecule is S=c1n(C[NH+]2CCN(Cc3ccccc3)CC2)nc(N2CCOCC2)n1CC1CCCO1. The molecule has 2 aromatic rings. The molecule has 1 unspecified atom stereocenters. The number of quaternary nitrogens is 1. The van der Waals surface area contributed by atoms with Crippen molar-refractivity contribution in [2.75, 3.05) is 64.0 Å². The number of nitrogens with one attached hydrogen (secondary N) is 1. The molecule has 1 aromatic carbocycles. The molecule has 0 spiro atoms. The minimum atomic E-state index is 0.244. The zero-order valence-corrected chi connectivity index (χ0v) is 19.6. The molecule has 5 rings (SSSR count). The monoisotopic (exact) mass is 459 g/mol.